The molecule has 0 fully saturated rings. The Morgan fingerprint density at radius 2 is 2.24 bits per heavy atom. The van der Waals surface area contributed by atoms with Crippen molar-refractivity contribution in [2.45, 2.75) is 13.8 Å². The molecule has 2 heterocycles. The Hall–Kier alpha value is -2.65. The van der Waals surface area contributed by atoms with E-state index >= 15 is 0 Å². The highest BCUT2D eigenvalue weighted by molar-refractivity contribution is 6.05. The molecule has 0 saturated heterocycles. The first-order valence-electron chi connectivity index (χ1n) is 6.40. The van der Waals surface area contributed by atoms with Crippen molar-refractivity contribution in [3.8, 4) is 11.8 Å². The number of nitrogens with zero attached hydrogens (tertiary/aromatic N) is 3. The molecule has 21 heavy (non-hydrogen) atoms. The molecule has 0 saturated carbocycles. The largest absolute Gasteiger partial charge is 0.384 e. The van der Waals surface area contributed by atoms with Gasteiger partial charge in [-0.2, -0.15) is 5.10 Å². The molecule has 2 N–H and O–H groups in total. The number of nitrogens with one attached hydrogen (secondary N) is 1. The van der Waals surface area contributed by atoms with Gasteiger partial charge < -0.3 is 10.4 Å². The van der Waals surface area contributed by atoms with Crippen LogP contribution in [0.5, 0.6) is 0 Å². The third kappa shape index (κ3) is 3.27. The van der Waals surface area contributed by atoms with Gasteiger partial charge in [0.2, 0.25) is 0 Å². The van der Waals surface area contributed by atoms with Crippen LogP contribution < -0.4 is 5.32 Å². The maximum atomic E-state index is 12.3. The van der Waals surface area contributed by atoms with Crippen LogP contribution in [0.4, 0.5) is 5.82 Å². The second kappa shape index (κ2) is 6.20. The van der Waals surface area contributed by atoms with Gasteiger partial charge in [-0.3, -0.25) is 9.48 Å². The fraction of sp³-hybridized carbons (Fsp3) is 0.267. The molecule has 0 aliphatic heterocycles. The number of carbonyl (C=O) groups is 1. The summed E-state index contributed by atoms with van der Waals surface area (Å²) in [6, 6.07) is 3.36. The van der Waals surface area contributed by atoms with Crippen LogP contribution in [-0.2, 0) is 7.05 Å². The predicted molar refractivity (Wildman–Crippen MR) is 78.8 cm³/mol. The Labute approximate surface area is 122 Å². The molecule has 2 aromatic heterocycles. The molecular formula is C15H16N4O2. The summed E-state index contributed by atoms with van der Waals surface area (Å²) < 4.78 is 1.67. The smallest absolute Gasteiger partial charge is 0.260 e. The lowest BCUT2D eigenvalue weighted by molar-refractivity contribution is 0.102. The first-order valence-corrected chi connectivity index (χ1v) is 6.40. The monoisotopic (exact) mass is 284 g/mol. The Balaban J connectivity index is 2.24. The number of rotatable bonds is 2. The van der Waals surface area contributed by atoms with Crippen LogP contribution in [-0.4, -0.2) is 32.4 Å². The fourth-order valence-corrected chi connectivity index (χ4v) is 2.00. The normalized spacial score (nSPS) is 9.90. The number of anilines is 1. The van der Waals surface area contributed by atoms with E-state index in [4.69, 9.17) is 5.11 Å². The molecule has 2 aromatic rings. The van der Waals surface area contributed by atoms with Crippen molar-refractivity contribution in [1.29, 1.82) is 0 Å². The molecule has 0 aliphatic carbocycles. The summed E-state index contributed by atoms with van der Waals surface area (Å²) in [4.78, 5) is 16.4. The first-order chi connectivity index (χ1) is 10.0. The lowest BCUT2D eigenvalue weighted by Crippen LogP contribution is -2.15. The molecule has 1 amide bonds. The number of hydrogen-bond acceptors (Lipinski definition) is 4. The average Bonchev–Trinajstić information content (AvgIpc) is 2.70. The summed E-state index contributed by atoms with van der Waals surface area (Å²) in [5.41, 5.74) is 2.69. The minimum atomic E-state index is -0.252. The molecule has 0 aliphatic rings. The number of aryl methyl sites for hydroxylation is 2. The lowest BCUT2D eigenvalue weighted by Gasteiger charge is -2.05. The molecule has 0 radical (unpaired) electrons. The van der Waals surface area contributed by atoms with E-state index in [1.807, 2.05) is 6.92 Å². The van der Waals surface area contributed by atoms with Crippen LogP contribution in [0.1, 0.15) is 27.3 Å². The maximum absolute atomic E-state index is 12.3. The van der Waals surface area contributed by atoms with Gasteiger partial charge in [-0.05, 0) is 26.0 Å². The van der Waals surface area contributed by atoms with Gasteiger partial charge in [0, 0.05) is 24.5 Å². The molecule has 108 valence electrons. The number of pyridine rings is 1. The number of amides is 1. The molecular weight excluding hydrogens is 268 g/mol. The van der Waals surface area contributed by atoms with Crippen LogP contribution in [0.2, 0.25) is 0 Å². The van der Waals surface area contributed by atoms with Gasteiger partial charge in [0.05, 0.1) is 11.3 Å². The Bertz CT molecular complexity index is 738. The SMILES string of the molecule is Cc1nn(C)c(C)c1C(=O)Nc1cc(C#CCO)ccn1. The summed E-state index contributed by atoms with van der Waals surface area (Å²) in [7, 11) is 1.79. The van der Waals surface area contributed by atoms with Crippen molar-refractivity contribution >= 4 is 11.7 Å². The average molecular weight is 284 g/mol. The van der Waals surface area contributed by atoms with Gasteiger partial charge in [-0.1, -0.05) is 11.8 Å². The number of aliphatic hydroxyl groups is 1. The van der Waals surface area contributed by atoms with Crippen molar-refractivity contribution in [3.05, 3.63) is 40.8 Å². The van der Waals surface area contributed by atoms with Crippen LogP contribution >= 0.6 is 0 Å². The molecule has 0 unspecified atom stereocenters. The highest BCUT2D eigenvalue weighted by atomic mass is 16.2. The number of aliphatic hydroxyl groups excluding tert-OH is 1. The molecule has 0 bridgehead atoms. The molecule has 2 rings (SSSR count). The van der Waals surface area contributed by atoms with Crippen molar-refractivity contribution in [2.24, 2.45) is 7.05 Å². The topological polar surface area (TPSA) is 80.0 Å². The third-order valence-corrected chi connectivity index (χ3v) is 3.05. The van der Waals surface area contributed by atoms with Gasteiger partial charge >= 0.3 is 0 Å². The van der Waals surface area contributed by atoms with Crippen molar-refractivity contribution in [2.75, 3.05) is 11.9 Å². The van der Waals surface area contributed by atoms with E-state index in [0.29, 0.717) is 22.6 Å². The van der Waals surface area contributed by atoms with Gasteiger partial charge in [0.15, 0.2) is 0 Å². The fourth-order valence-electron chi connectivity index (χ4n) is 2.00. The molecule has 0 atom stereocenters. The first kappa shape index (κ1) is 14.8. The van der Waals surface area contributed by atoms with Crippen LogP contribution in [0.3, 0.4) is 0 Å². The van der Waals surface area contributed by atoms with Crippen molar-refractivity contribution < 1.29 is 9.90 Å². The standard InChI is InChI=1S/C15H16N4O2/c1-10-14(11(2)19(3)18-10)15(21)17-13-9-12(5-4-8-20)6-7-16-13/h6-7,9,20H,8H2,1-3H3,(H,16,17,21). The predicted octanol–water partition coefficient (Wildman–Crippen LogP) is 1.03. The van der Waals surface area contributed by atoms with Crippen molar-refractivity contribution in [1.82, 2.24) is 14.8 Å². The second-order valence-corrected chi connectivity index (χ2v) is 4.51. The minimum Gasteiger partial charge on any atom is -0.384 e. The van der Waals surface area contributed by atoms with Crippen LogP contribution in [0.15, 0.2) is 18.3 Å². The molecule has 6 heteroatoms. The summed E-state index contributed by atoms with van der Waals surface area (Å²) in [5.74, 6) is 5.47. The number of aromatic nitrogens is 3. The summed E-state index contributed by atoms with van der Waals surface area (Å²) in [6.07, 6.45) is 1.56. The summed E-state index contributed by atoms with van der Waals surface area (Å²) in [6.45, 7) is 3.42. The lowest BCUT2D eigenvalue weighted by atomic mass is 10.2. The molecule has 0 spiro atoms. The van der Waals surface area contributed by atoms with Gasteiger partial charge in [-0.25, -0.2) is 4.98 Å². The summed E-state index contributed by atoms with van der Waals surface area (Å²) in [5, 5.41) is 15.6. The van der Waals surface area contributed by atoms with E-state index in [0.717, 1.165) is 5.69 Å². The molecule has 0 aromatic carbocycles. The number of hydrogen-bond donors (Lipinski definition) is 2. The number of carbonyl (C=O) groups excluding carboxylic acids is 1. The van der Waals surface area contributed by atoms with E-state index in [9.17, 15) is 4.79 Å². The second-order valence-electron chi connectivity index (χ2n) is 4.51. The van der Waals surface area contributed by atoms with E-state index in [1.54, 1.807) is 37.0 Å². The Kier molecular flexibility index (Phi) is 4.36. The highest BCUT2D eigenvalue weighted by Crippen LogP contribution is 2.14. The van der Waals surface area contributed by atoms with Crippen LogP contribution in [0, 0.1) is 25.7 Å². The maximum Gasteiger partial charge on any atom is 0.260 e. The van der Waals surface area contributed by atoms with Gasteiger partial charge in [-0.15, -0.1) is 0 Å². The van der Waals surface area contributed by atoms with Gasteiger partial charge in [0.25, 0.3) is 5.91 Å². The highest BCUT2D eigenvalue weighted by Gasteiger charge is 2.17. The van der Waals surface area contributed by atoms with Crippen LogP contribution in [0.25, 0.3) is 0 Å². The zero-order valence-electron chi connectivity index (χ0n) is 12.1. The third-order valence-electron chi connectivity index (χ3n) is 3.05. The summed E-state index contributed by atoms with van der Waals surface area (Å²) >= 11 is 0. The Morgan fingerprint density at radius 3 is 2.86 bits per heavy atom. The van der Waals surface area contributed by atoms with E-state index < -0.39 is 0 Å². The quantitative estimate of drug-likeness (QED) is 0.807. The van der Waals surface area contributed by atoms with E-state index in [2.05, 4.69) is 27.2 Å². The van der Waals surface area contributed by atoms with Gasteiger partial charge in [0.1, 0.15) is 12.4 Å². The molecule has 6 nitrogen and oxygen atoms in total. The zero-order valence-corrected chi connectivity index (χ0v) is 12.1. The van der Waals surface area contributed by atoms with E-state index in [1.165, 1.54) is 0 Å². The van der Waals surface area contributed by atoms with Crippen molar-refractivity contribution in [3.63, 3.8) is 0 Å². The zero-order chi connectivity index (χ0) is 15.4. The minimum absolute atomic E-state index is 0.210. The Morgan fingerprint density at radius 1 is 1.48 bits per heavy atom. The van der Waals surface area contributed by atoms with E-state index in [-0.39, 0.29) is 12.5 Å².